The van der Waals surface area contributed by atoms with E-state index in [4.69, 9.17) is 14.2 Å². The molecule has 8 heteroatoms. The van der Waals surface area contributed by atoms with Crippen molar-refractivity contribution in [1.29, 1.82) is 0 Å². The minimum atomic E-state index is -0.715. The number of hydrogen-bond acceptors (Lipinski definition) is 6. The Bertz CT molecular complexity index is 1110. The van der Waals surface area contributed by atoms with Gasteiger partial charge in [-0.25, -0.2) is 10.2 Å². The zero-order valence-corrected chi connectivity index (χ0v) is 20.4. The predicted octanol–water partition coefficient (Wildman–Crippen LogP) is 5.37. The second-order valence-corrected chi connectivity index (χ2v) is 8.20. The summed E-state index contributed by atoms with van der Waals surface area (Å²) < 4.78 is 17.4. The molecule has 3 aromatic rings. The molecule has 1 atom stereocenters. The molecular weight excluding hydrogens is 500 g/mol. The molecule has 0 radical (unpaired) electrons. The Morgan fingerprint density at radius 1 is 0.941 bits per heavy atom. The molecule has 0 unspecified atom stereocenters. The van der Waals surface area contributed by atoms with Crippen LogP contribution in [0.25, 0.3) is 0 Å². The van der Waals surface area contributed by atoms with Crippen LogP contribution in [-0.4, -0.2) is 30.8 Å². The van der Waals surface area contributed by atoms with Crippen molar-refractivity contribution in [2.45, 2.75) is 26.4 Å². The van der Waals surface area contributed by atoms with Crippen molar-refractivity contribution in [3.63, 3.8) is 0 Å². The third-order valence-electron chi connectivity index (χ3n) is 4.54. The number of ether oxygens (including phenoxy) is 3. The van der Waals surface area contributed by atoms with Crippen molar-refractivity contribution in [2.24, 2.45) is 5.10 Å². The number of hydrazone groups is 1. The van der Waals surface area contributed by atoms with Crippen LogP contribution in [-0.2, 0) is 4.79 Å². The number of hydrogen-bond donors (Lipinski definition) is 1. The van der Waals surface area contributed by atoms with Crippen LogP contribution in [0.4, 0.5) is 0 Å². The molecule has 3 rings (SSSR count). The Hall–Kier alpha value is -3.65. The molecule has 0 aliphatic rings. The van der Waals surface area contributed by atoms with Gasteiger partial charge in [0, 0.05) is 4.47 Å². The zero-order chi connectivity index (χ0) is 24.3. The van der Waals surface area contributed by atoms with E-state index in [9.17, 15) is 9.59 Å². The van der Waals surface area contributed by atoms with E-state index in [2.05, 4.69) is 26.5 Å². The fourth-order valence-electron chi connectivity index (χ4n) is 2.73. The smallest absolute Gasteiger partial charge is 0.343 e. The van der Waals surface area contributed by atoms with Crippen molar-refractivity contribution in [2.75, 3.05) is 6.61 Å². The summed E-state index contributed by atoms with van der Waals surface area (Å²) in [5.74, 6) is 0.851. The topological polar surface area (TPSA) is 86.2 Å². The zero-order valence-electron chi connectivity index (χ0n) is 18.9. The van der Waals surface area contributed by atoms with E-state index in [0.29, 0.717) is 29.4 Å². The first-order chi connectivity index (χ1) is 16.4. The quantitative estimate of drug-likeness (QED) is 0.166. The maximum Gasteiger partial charge on any atom is 0.343 e. The number of rotatable bonds is 10. The second kappa shape index (κ2) is 12.6. The summed E-state index contributed by atoms with van der Waals surface area (Å²) in [7, 11) is 0. The first kappa shape index (κ1) is 25.0. The molecule has 0 fully saturated rings. The molecule has 0 saturated carbocycles. The highest BCUT2D eigenvalue weighted by atomic mass is 79.9. The highest BCUT2D eigenvalue weighted by molar-refractivity contribution is 9.10. The van der Waals surface area contributed by atoms with E-state index in [1.54, 1.807) is 67.6 Å². The first-order valence-corrected chi connectivity index (χ1v) is 11.5. The molecule has 0 aliphatic carbocycles. The van der Waals surface area contributed by atoms with Gasteiger partial charge in [-0.05, 0) is 91.7 Å². The first-order valence-electron chi connectivity index (χ1n) is 10.7. The predicted molar refractivity (Wildman–Crippen MR) is 134 cm³/mol. The molecule has 0 spiro atoms. The summed E-state index contributed by atoms with van der Waals surface area (Å²) in [4.78, 5) is 24.5. The Morgan fingerprint density at radius 3 is 2.21 bits per heavy atom. The lowest BCUT2D eigenvalue weighted by Crippen LogP contribution is -2.33. The van der Waals surface area contributed by atoms with Crippen molar-refractivity contribution >= 4 is 34.0 Å². The molecular formula is C26H25BrN2O5. The van der Waals surface area contributed by atoms with Gasteiger partial charge in [-0.1, -0.05) is 22.9 Å². The summed E-state index contributed by atoms with van der Waals surface area (Å²) in [6, 6.07) is 20.8. The number of amides is 1. The van der Waals surface area contributed by atoms with Gasteiger partial charge in [-0.15, -0.1) is 0 Å². The average molecular weight is 525 g/mol. The molecule has 3 aromatic carbocycles. The van der Waals surface area contributed by atoms with Crippen molar-refractivity contribution in [1.82, 2.24) is 5.43 Å². The van der Waals surface area contributed by atoms with Gasteiger partial charge >= 0.3 is 5.97 Å². The van der Waals surface area contributed by atoms with E-state index in [0.717, 1.165) is 16.5 Å². The van der Waals surface area contributed by atoms with Crippen molar-refractivity contribution in [3.05, 3.63) is 88.4 Å². The molecule has 0 saturated heterocycles. The van der Waals surface area contributed by atoms with Crippen LogP contribution in [0.2, 0.25) is 0 Å². The van der Waals surface area contributed by atoms with E-state index in [1.807, 2.05) is 19.1 Å². The maximum absolute atomic E-state index is 12.3. The molecule has 176 valence electrons. The highest BCUT2D eigenvalue weighted by Crippen LogP contribution is 2.18. The molecule has 1 N–H and O–H groups in total. The number of benzene rings is 3. The third kappa shape index (κ3) is 7.74. The fraction of sp³-hybridized carbons (Fsp3) is 0.192. The lowest BCUT2D eigenvalue weighted by molar-refractivity contribution is -0.127. The van der Waals surface area contributed by atoms with Crippen LogP contribution >= 0.6 is 15.9 Å². The van der Waals surface area contributed by atoms with Gasteiger partial charge in [0.25, 0.3) is 5.91 Å². The van der Waals surface area contributed by atoms with Crippen LogP contribution in [0, 0.1) is 0 Å². The van der Waals surface area contributed by atoms with Gasteiger partial charge in [0.2, 0.25) is 0 Å². The SMILES string of the molecule is CCCOc1ccc(C(=O)Oc2ccc(/C=N\NC(=O)[C@H](C)Oc3ccc(Br)cc3)cc2)cc1. The minimum Gasteiger partial charge on any atom is -0.494 e. The monoisotopic (exact) mass is 524 g/mol. The third-order valence-corrected chi connectivity index (χ3v) is 5.07. The highest BCUT2D eigenvalue weighted by Gasteiger charge is 2.14. The standard InChI is InChI=1S/C26H25BrN2O5/c1-3-16-32-22-12-6-20(7-13-22)26(31)34-24-10-4-19(5-11-24)17-28-29-25(30)18(2)33-23-14-8-21(27)9-15-23/h4-15,17-18H,3,16H2,1-2H3,(H,29,30)/b28-17-/t18-/m0/s1. The maximum atomic E-state index is 12.3. The van der Waals surface area contributed by atoms with Gasteiger partial charge in [-0.3, -0.25) is 4.79 Å². The molecule has 0 aromatic heterocycles. The Balaban J connectivity index is 1.47. The minimum absolute atomic E-state index is 0.379. The Kier molecular flexibility index (Phi) is 9.22. The fourth-order valence-corrected chi connectivity index (χ4v) is 2.99. The summed E-state index contributed by atoms with van der Waals surface area (Å²) in [5.41, 5.74) is 3.60. The van der Waals surface area contributed by atoms with Gasteiger partial charge < -0.3 is 14.2 Å². The van der Waals surface area contributed by atoms with E-state index in [-0.39, 0.29) is 5.91 Å². The molecule has 7 nitrogen and oxygen atoms in total. The van der Waals surface area contributed by atoms with Crippen molar-refractivity contribution in [3.8, 4) is 17.2 Å². The van der Waals surface area contributed by atoms with Gasteiger partial charge in [0.1, 0.15) is 17.2 Å². The van der Waals surface area contributed by atoms with Gasteiger partial charge in [0.05, 0.1) is 18.4 Å². The number of carbonyl (C=O) groups is 2. The van der Waals surface area contributed by atoms with Crippen LogP contribution in [0.1, 0.15) is 36.2 Å². The van der Waals surface area contributed by atoms with Crippen LogP contribution in [0.3, 0.4) is 0 Å². The average Bonchev–Trinajstić information content (AvgIpc) is 2.85. The summed E-state index contributed by atoms with van der Waals surface area (Å²) >= 11 is 3.35. The summed E-state index contributed by atoms with van der Waals surface area (Å²) in [6.07, 6.45) is 1.69. The van der Waals surface area contributed by atoms with Crippen molar-refractivity contribution < 1.29 is 23.8 Å². The number of carbonyl (C=O) groups excluding carboxylic acids is 2. The number of nitrogens with zero attached hydrogens (tertiary/aromatic N) is 1. The van der Waals surface area contributed by atoms with Gasteiger partial charge in [0.15, 0.2) is 6.10 Å². The van der Waals surface area contributed by atoms with E-state index < -0.39 is 12.1 Å². The van der Waals surface area contributed by atoms with Crippen LogP contribution in [0.15, 0.2) is 82.4 Å². The molecule has 34 heavy (non-hydrogen) atoms. The summed E-state index contributed by atoms with van der Waals surface area (Å²) in [6.45, 7) is 4.30. The lowest BCUT2D eigenvalue weighted by Gasteiger charge is -2.12. The molecule has 0 bridgehead atoms. The molecule has 0 heterocycles. The number of halogens is 1. The molecule has 0 aliphatic heterocycles. The van der Waals surface area contributed by atoms with Crippen LogP contribution in [0.5, 0.6) is 17.2 Å². The van der Waals surface area contributed by atoms with E-state index in [1.165, 1.54) is 6.21 Å². The van der Waals surface area contributed by atoms with Crippen LogP contribution < -0.4 is 19.6 Å². The Morgan fingerprint density at radius 2 is 1.56 bits per heavy atom. The van der Waals surface area contributed by atoms with E-state index >= 15 is 0 Å². The second-order valence-electron chi connectivity index (χ2n) is 7.28. The lowest BCUT2D eigenvalue weighted by atomic mass is 10.2. The number of nitrogens with one attached hydrogen (secondary N) is 1. The largest absolute Gasteiger partial charge is 0.494 e. The normalized spacial score (nSPS) is 11.6. The Labute approximate surface area is 206 Å². The van der Waals surface area contributed by atoms with Gasteiger partial charge in [-0.2, -0.15) is 5.10 Å². The summed E-state index contributed by atoms with van der Waals surface area (Å²) in [5, 5.41) is 3.95. The molecule has 1 amide bonds. The number of esters is 1.